The van der Waals surface area contributed by atoms with Gasteiger partial charge in [-0.15, -0.1) is 11.3 Å². The zero-order valence-corrected chi connectivity index (χ0v) is 15.5. The number of rotatable bonds is 8. The molecule has 0 radical (unpaired) electrons. The van der Waals surface area contributed by atoms with E-state index < -0.39 is 0 Å². The van der Waals surface area contributed by atoms with Crippen molar-refractivity contribution in [2.45, 2.75) is 39.0 Å². The molecule has 2 aromatic rings. The fourth-order valence-electron chi connectivity index (χ4n) is 3.06. The molecule has 1 aromatic heterocycles. The Morgan fingerprint density at radius 3 is 2.71 bits per heavy atom. The number of methoxy groups -OCH3 is 1. The molecule has 0 spiro atoms. The largest absolute Gasteiger partial charge is 0.383 e. The molecule has 1 aliphatic heterocycles. The summed E-state index contributed by atoms with van der Waals surface area (Å²) in [5, 5.41) is 0. The number of thiophene rings is 1. The van der Waals surface area contributed by atoms with Gasteiger partial charge in [0.1, 0.15) is 0 Å². The highest BCUT2D eigenvalue weighted by molar-refractivity contribution is 7.12. The van der Waals surface area contributed by atoms with Gasteiger partial charge in [-0.05, 0) is 37.5 Å². The molecule has 1 fully saturated rings. The van der Waals surface area contributed by atoms with Crippen LogP contribution in [0.3, 0.4) is 0 Å². The monoisotopic (exact) mass is 345 g/mol. The van der Waals surface area contributed by atoms with E-state index in [0.717, 1.165) is 39.3 Å². The van der Waals surface area contributed by atoms with Gasteiger partial charge in [-0.25, -0.2) is 0 Å². The number of hydrogen-bond acceptors (Lipinski definition) is 4. The van der Waals surface area contributed by atoms with Gasteiger partial charge in [0.25, 0.3) is 0 Å². The Hall–Kier alpha value is -1.20. The molecule has 0 N–H and O–H groups in total. The number of benzene rings is 1. The normalized spacial score (nSPS) is 17.7. The van der Waals surface area contributed by atoms with Crippen LogP contribution in [0.5, 0.6) is 0 Å². The lowest BCUT2D eigenvalue weighted by Gasteiger charge is -2.21. The second kappa shape index (κ2) is 8.77. The number of hydrogen-bond donors (Lipinski definition) is 0. The Morgan fingerprint density at radius 1 is 1.17 bits per heavy atom. The first-order chi connectivity index (χ1) is 11.7. The van der Waals surface area contributed by atoms with Crippen LogP contribution in [0, 0.1) is 6.92 Å². The summed E-state index contributed by atoms with van der Waals surface area (Å²) in [7, 11) is 1.77. The smallest absolute Gasteiger partial charge is 0.0917 e. The summed E-state index contributed by atoms with van der Waals surface area (Å²) >= 11 is 1.90. The highest BCUT2D eigenvalue weighted by Crippen LogP contribution is 2.33. The van der Waals surface area contributed by atoms with Crippen LogP contribution in [0.1, 0.15) is 39.8 Å². The van der Waals surface area contributed by atoms with Crippen molar-refractivity contribution in [3.05, 3.63) is 57.3 Å². The molecule has 4 heteroatoms. The molecule has 0 saturated carbocycles. The molecule has 24 heavy (non-hydrogen) atoms. The molecule has 130 valence electrons. The number of ether oxygens (including phenoxy) is 2. The van der Waals surface area contributed by atoms with E-state index in [4.69, 9.17) is 9.47 Å². The predicted molar refractivity (Wildman–Crippen MR) is 99.4 cm³/mol. The van der Waals surface area contributed by atoms with Crippen molar-refractivity contribution >= 4 is 11.3 Å². The Balaban J connectivity index is 1.63. The van der Waals surface area contributed by atoms with Gasteiger partial charge in [0, 0.05) is 43.1 Å². The third-order valence-electron chi connectivity index (χ3n) is 4.45. The second-order valence-electron chi connectivity index (χ2n) is 6.49. The van der Waals surface area contributed by atoms with Crippen LogP contribution in [0.25, 0.3) is 0 Å². The van der Waals surface area contributed by atoms with Gasteiger partial charge in [-0.2, -0.15) is 0 Å². The van der Waals surface area contributed by atoms with E-state index in [0.29, 0.717) is 6.10 Å². The highest BCUT2D eigenvalue weighted by atomic mass is 32.1. The quantitative estimate of drug-likeness (QED) is 0.700. The van der Waals surface area contributed by atoms with Gasteiger partial charge in [0.15, 0.2) is 0 Å². The summed E-state index contributed by atoms with van der Waals surface area (Å²) in [6.07, 6.45) is 2.68. The molecule has 1 aromatic carbocycles. The minimum absolute atomic E-state index is 0.327. The van der Waals surface area contributed by atoms with Crippen molar-refractivity contribution in [3.63, 3.8) is 0 Å². The van der Waals surface area contributed by atoms with Crippen LogP contribution in [0.15, 0.2) is 36.4 Å². The van der Waals surface area contributed by atoms with Gasteiger partial charge in [0.05, 0.1) is 12.7 Å². The SMILES string of the molecule is COCCN(Cc1ccc(C)cc1)Cc1ccc([C@H]2CCCO2)s1. The lowest BCUT2D eigenvalue weighted by atomic mass is 10.1. The Morgan fingerprint density at radius 2 is 2.00 bits per heavy atom. The van der Waals surface area contributed by atoms with Crippen molar-refractivity contribution in [2.24, 2.45) is 0 Å². The summed E-state index contributed by atoms with van der Waals surface area (Å²) in [5.41, 5.74) is 2.66. The van der Waals surface area contributed by atoms with E-state index in [9.17, 15) is 0 Å². The van der Waals surface area contributed by atoms with E-state index >= 15 is 0 Å². The lowest BCUT2D eigenvalue weighted by Crippen LogP contribution is -2.26. The molecule has 0 bridgehead atoms. The predicted octanol–water partition coefficient (Wildman–Crippen LogP) is 4.56. The standard InChI is InChI=1S/C20H27NO2S/c1-16-5-7-17(8-6-16)14-21(11-13-22-2)15-18-9-10-20(24-18)19-4-3-12-23-19/h5-10,19H,3-4,11-15H2,1-2H3/t19-/m1/s1. The number of nitrogens with zero attached hydrogens (tertiary/aromatic N) is 1. The summed E-state index contributed by atoms with van der Waals surface area (Å²) in [4.78, 5) is 5.24. The van der Waals surface area contributed by atoms with Crippen LogP contribution in [-0.2, 0) is 22.6 Å². The third kappa shape index (κ3) is 4.90. The van der Waals surface area contributed by atoms with E-state index in [1.165, 1.54) is 27.3 Å². The molecule has 1 aliphatic rings. The Labute approximate surface area is 149 Å². The first-order valence-corrected chi connectivity index (χ1v) is 9.53. The van der Waals surface area contributed by atoms with Crippen LogP contribution >= 0.6 is 11.3 Å². The Bertz CT molecular complexity index is 617. The molecular weight excluding hydrogens is 318 g/mol. The van der Waals surface area contributed by atoms with E-state index in [1.807, 2.05) is 11.3 Å². The van der Waals surface area contributed by atoms with Crippen LogP contribution in [0.2, 0.25) is 0 Å². The third-order valence-corrected chi connectivity index (χ3v) is 5.61. The van der Waals surface area contributed by atoms with Crippen molar-refractivity contribution < 1.29 is 9.47 Å². The summed E-state index contributed by atoms with van der Waals surface area (Å²) in [6, 6.07) is 13.3. The highest BCUT2D eigenvalue weighted by Gasteiger charge is 2.20. The lowest BCUT2D eigenvalue weighted by molar-refractivity contribution is 0.114. The molecule has 3 rings (SSSR count). The van der Waals surface area contributed by atoms with Gasteiger partial charge >= 0.3 is 0 Å². The fourth-order valence-corrected chi connectivity index (χ4v) is 4.20. The maximum atomic E-state index is 5.81. The molecule has 0 amide bonds. The molecule has 0 unspecified atom stereocenters. The van der Waals surface area contributed by atoms with Gasteiger partial charge in [-0.3, -0.25) is 4.90 Å². The average molecular weight is 346 g/mol. The fraction of sp³-hybridized carbons (Fsp3) is 0.500. The molecule has 2 heterocycles. The summed E-state index contributed by atoms with van der Waals surface area (Å²) < 4.78 is 11.1. The molecule has 3 nitrogen and oxygen atoms in total. The van der Waals surface area contributed by atoms with Gasteiger partial charge in [-0.1, -0.05) is 29.8 Å². The topological polar surface area (TPSA) is 21.7 Å². The van der Waals surface area contributed by atoms with Crippen LogP contribution < -0.4 is 0 Å². The minimum Gasteiger partial charge on any atom is -0.383 e. The van der Waals surface area contributed by atoms with E-state index in [1.54, 1.807) is 7.11 Å². The minimum atomic E-state index is 0.327. The zero-order chi connectivity index (χ0) is 16.8. The summed E-state index contributed by atoms with van der Waals surface area (Å²) in [5.74, 6) is 0. The van der Waals surface area contributed by atoms with Crippen molar-refractivity contribution in [1.82, 2.24) is 4.90 Å². The first-order valence-electron chi connectivity index (χ1n) is 8.71. The van der Waals surface area contributed by atoms with Crippen molar-refractivity contribution in [3.8, 4) is 0 Å². The van der Waals surface area contributed by atoms with Gasteiger partial charge < -0.3 is 9.47 Å². The summed E-state index contributed by atoms with van der Waals surface area (Å²) in [6.45, 7) is 6.66. The maximum Gasteiger partial charge on any atom is 0.0917 e. The molecule has 1 saturated heterocycles. The van der Waals surface area contributed by atoms with Crippen LogP contribution in [0.4, 0.5) is 0 Å². The van der Waals surface area contributed by atoms with Crippen LogP contribution in [-0.4, -0.2) is 31.8 Å². The van der Waals surface area contributed by atoms with E-state index in [-0.39, 0.29) is 0 Å². The number of aryl methyl sites for hydroxylation is 1. The molecular formula is C20H27NO2S. The van der Waals surface area contributed by atoms with E-state index in [2.05, 4.69) is 48.2 Å². The zero-order valence-electron chi connectivity index (χ0n) is 14.7. The average Bonchev–Trinajstić information content (AvgIpc) is 3.26. The maximum absolute atomic E-state index is 5.81. The van der Waals surface area contributed by atoms with Crippen molar-refractivity contribution in [2.75, 3.05) is 26.9 Å². The molecule has 1 atom stereocenters. The Kier molecular flexibility index (Phi) is 6.44. The van der Waals surface area contributed by atoms with Gasteiger partial charge in [0.2, 0.25) is 0 Å². The molecule has 0 aliphatic carbocycles. The first kappa shape index (κ1) is 17.6. The van der Waals surface area contributed by atoms with Crippen molar-refractivity contribution in [1.29, 1.82) is 0 Å². The second-order valence-corrected chi connectivity index (χ2v) is 7.69.